The molecule has 4 heteroatoms. The predicted molar refractivity (Wildman–Crippen MR) is 71.7 cm³/mol. The van der Waals surface area contributed by atoms with Crippen molar-refractivity contribution in [2.75, 3.05) is 53.5 Å². The van der Waals surface area contributed by atoms with Crippen LogP contribution in [-0.2, 0) is 9.53 Å². The summed E-state index contributed by atoms with van der Waals surface area (Å²) in [6, 6.07) is 0. The van der Waals surface area contributed by atoms with E-state index >= 15 is 0 Å². The van der Waals surface area contributed by atoms with Gasteiger partial charge >= 0.3 is 0 Å². The predicted octanol–water partition coefficient (Wildman–Crippen LogP) is 0.866. The van der Waals surface area contributed by atoms with Crippen LogP contribution in [0.25, 0.3) is 0 Å². The van der Waals surface area contributed by atoms with E-state index in [2.05, 4.69) is 23.9 Å². The Hall–Kier alpha value is -0.450. The number of hydrogen-bond donors (Lipinski definition) is 0. The molecule has 2 aliphatic heterocycles. The zero-order chi connectivity index (χ0) is 13.0. The Labute approximate surface area is 110 Å². The Morgan fingerprint density at radius 3 is 2.72 bits per heavy atom. The summed E-state index contributed by atoms with van der Waals surface area (Å²) in [5, 5.41) is 0. The molecule has 2 heterocycles. The Morgan fingerprint density at radius 2 is 2.06 bits per heavy atom. The maximum absolute atomic E-state index is 11.8. The SMILES string of the molecule is CN1CCC(CN(C)CC2COCCC2=O)CC1. The molecule has 1 atom stereocenters. The molecule has 0 aromatic rings. The Kier molecular flexibility index (Phi) is 5.15. The quantitative estimate of drug-likeness (QED) is 0.745. The number of carbonyl (C=O) groups excluding carboxylic acids is 1. The topological polar surface area (TPSA) is 32.8 Å². The van der Waals surface area contributed by atoms with Crippen LogP contribution in [0, 0.1) is 11.8 Å². The van der Waals surface area contributed by atoms with E-state index < -0.39 is 0 Å². The van der Waals surface area contributed by atoms with Gasteiger partial charge in [0.15, 0.2) is 0 Å². The molecule has 2 rings (SSSR count). The van der Waals surface area contributed by atoms with Crippen molar-refractivity contribution in [2.24, 2.45) is 11.8 Å². The number of nitrogens with zero attached hydrogens (tertiary/aromatic N) is 2. The van der Waals surface area contributed by atoms with E-state index in [9.17, 15) is 4.79 Å². The molecule has 0 radical (unpaired) electrons. The van der Waals surface area contributed by atoms with Gasteiger partial charge in [-0.05, 0) is 45.9 Å². The minimum Gasteiger partial charge on any atom is -0.380 e. The fraction of sp³-hybridized carbons (Fsp3) is 0.929. The normalized spacial score (nSPS) is 27.9. The van der Waals surface area contributed by atoms with Gasteiger partial charge in [-0.15, -0.1) is 0 Å². The van der Waals surface area contributed by atoms with Gasteiger partial charge in [-0.1, -0.05) is 0 Å². The van der Waals surface area contributed by atoms with Gasteiger partial charge in [-0.25, -0.2) is 0 Å². The highest BCUT2D eigenvalue weighted by Gasteiger charge is 2.25. The molecule has 0 N–H and O–H groups in total. The summed E-state index contributed by atoms with van der Waals surface area (Å²) in [7, 11) is 4.33. The number of piperidine rings is 1. The molecule has 0 bridgehead atoms. The molecule has 104 valence electrons. The summed E-state index contributed by atoms with van der Waals surface area (Å²) in [6.07, 6.45) is 3.18. The Balaban J connectivity index is 1.71. The van der Waals surface area contributed by atoms with E-state index in [1.807, 2.05) is 0 Å². The molecule has 0 spiro atoms. The van der Waals surface area contributed by atoms with Gasteiger partial charge in [0.2, 0.25) is 0 Å². The zero-order valence-corrected chi connectivity index (χ0v) is 11.7. The minimum absolute atomic E-state index is 0.106. The van der Waals surface area contributed by atoms with E-state index in [0.717, 1.165) is 19.0 Å². The second-order valence-electron chi connectivity index (χ2n) is 5.96. The van der Waals surface area contributed by atoms with Gasteiger partial charge < -0.3 is 14.5 Å². The molecular formula is C14H26N2O2. The van der Waals surface area contributed by atoms with Crippen molar-refractivity contribution < 1.29 is 9.53 Å². The summed E-state index contributed by atoms with van der Waals surface area (Å²) in [6.45, 7) is 5.65. The van der Waals surface area contributed by atoms with Gasteiger partial charge in [0, 0.05) is 19.5 Å². The lowest BCUT2D eigenvalue weighted by Gasteiger charge is -2.33. The van der Waals surface area contributed by atoms with Gasteiger partial charge in [-0.2, -0.15) is 0 Å². The Bertz CT molecular complexity index is 275. The smallest absolute Gasteiger partial charge is 0.141 e. The molecule has 0 aliphatic carbocycles. The lowest BCUT2D eigenvalue weighted by molar-refractivity contribution is -0.131. The van der Waals surface area contributed by atoms with Crippen molar-refractivity contribution in [3.63, 3.8) is 0 Å². The first-order chi connectivity index (χ1) is 8.65. The number of rotatable bonds is 4. The summed E-state index contributed by atoms with van der Waals surface area (Å²) in [4.78, 5) is 16.5. The first-order valence-electron chi connectivity index (χ1n) is 7.12. The fourth-order valence-electron chi connectivity index (χ4n) is 2.99. The molecule has 0 aromatic heterocycles. The van der Waals surface area contributed by atoms with Crippen LogP contribution in [0.2, 0.25) is 0 Å². The summed E-state index contributed by atoms with van der Waals surface area (Å²) >= 11 is 0. The van der Waals surface area contributed by atoms with Gasteiger partial charge in [-0.3, -0.25) is 4.79 Å². The minimum atomic E-state index is 0.106. The second-order valence-corrected chi connectivity index (χ2v) is 5.96. The van der Waals surface area contributed by atoms with Crippen LogP contribution < -0.4 is 0 Å². The van der Waals surface area contributed by atoms with E-state index in [-0.39, 0.29) is 5.92 Å². The average molecular weight is 254 g/mol. The van der Waals surface area contributed by atoms with Crippen molar-refractivity contribution in [2.45, 2.75) is 19.3 Å². The number of Topliss-reactive ketones (excluding diaryl/α,β-unsaturated/α-hetero) is 1. The fourth-order valence-corrected chi connectivity index (χ4v) is 2.99. The van der Waals surface area contributed by atoms with Crippen LogP contribution in [0.4, 0.5) is 0 Å². The molecule has 2 saturated heterocycles. The van der Waals surface area contributed by atoms with Crippen LogP contribution in [-0.4, -0.2) is 69.1 Å². The van der Waals surface area contributed by atoms with Gasteiger partial charge in [0.25, 0.3) is 0 Å². The number of likely N-dealkylation sites (tertiary alicyclic amines) is 1. The van der Waals surface area contributed by atoms with Gasteiger partial charge in [0.1, 0.15) is 5.78 Å². The zero-order valence-electron chi connectivity index (χ0n) is 11.7. The molecule has 18 heavy (non-hydrogen) atoms. The standard InChI is InChI=1S/C14H26N2O2/c1-15-6-3-12(4-7-15)9-16(2)10-13-11-18-8-5-14(13)17/h12-13H,3-11H2,1-2H3. The maximum Gasteiger partial charge on any atom is 0.141 e. The summed E-state index contributed by atoms with van der Waals surface area (Å²) in [5.74, 6) is 1.29. The highest BCUT2D eigenvalue weighted by Crippen LogP contribution is 2.18. The second kappa shape index (κ2) is 6.64. The third kappa shape index (κ3) is 4.04. The Morgan fingerprint density at radius 1 is 1.33 bits per heavy atom. The number of ether oxygens (including phenoxy) is 1. The third-order valence-electron chi connectivity index (χ3n) is 4.21. The first kappa shape index (κ1) is 14.0. The van der Waals surface area contributed by atoms with Crippen molar-refractivity contribution in [1.82, 2.24) is 9.80 Å². The molecule has 0 aromatic carbocycles. The maximum atomic E-state index is 11.8. The lowest BCUT2D eigenvalue weighted by atomic mass is 9.95. The van der Waals surface area contributed by atoms with E-state index in [1.165, 1.54) is 25.9 Å². The molecule has 0 amide bonds. The third-order valence-corrected chi connectivity index (χ3v) is 4.21. The molecule has 0 saturated carbocycles. The van der Waals surface area contributed by atoms with E-state index in [0.29, 0.717) is 25.4 Å². The largest absolute Gasteiger partial charge is 0.380 e. The molecule has 2 aliphatic rings. The molecule has 4 nitrogen and oxygen atoms in total. The summed E-state index contributed by atoms with van der Waals surface area (Å²) in [5.41, 5.74) is 0. The van der Waals surface area contributed by atoms with Crippen LogP contribution in [0.3, 0.4) is 0 Å². The molecule has 1 unspecified atom stereocenters. The average Bonchev–Trinajstić information content (AvgIpc) is 2.35. The van der Waals surface area contributed by atoms with Crippen LogP contribution in [0.15, 0.2) is 0 Å². The summed E-state index contributed by atoms with van der Waals surface area (Å²) < 4.78 is 5.40. The molecule has 2 fully saturated rings. The van der Waals surface area contributed by atoms with Crippen molar-refractivity contribution in [1.29, 1.82) is 0 Å². The monoisotopic (exact) mass is 254 g/mol. The first-order valence-corrected chi connectivity index (χ1v) is 7.12. The van der Waals surface area contributed by atoms with Crippen molar-refractivity contribution >= 4 is 5.78 Å². The van der Waals surface area contributed by atoms with Crippen LogP contribution in [0.1, 0.15) is 19.3 Å². The van der Waals surface area contributed by atoms with Crippen molar-refractivity contribution in [3.8, 4) is 0 Å². The number of carbonyl (C=O) groups is 1. The number of ketones is 1. The van der Waals surface area contributed by atoms with Crippen molar-refractivity contribution in [3.05, 3.63) is 0 Å². The lowest BCUT2D eigenvalue weighted by Crippen LogP contribution is -2.40. The van der Waals surface area contributed by atoms with Crippen LogP contribution >= 0.6 is 0 Å². The van der Waals surface area contributed by atoms with Gasteiger partial charge in [0.05, 0.1) is 19.1 Å². The van der Waals surface area contributed by atoms with E-state index in [4.69, 9.17) is 4.74 Å². The molecular weight excluding hydrogens is 228 g/mol. The highest BCUT2D eigenvalue weighted by molar-refractivity contribution is 5.82. The number of hydrogen-bond acceptors (Lipinski definition) is 4. The highest BCUT2D eigenvalue weighted by atomic mass is 16.5. The van der Waals surface area contributed by atoms with E-state index in [1.54, 1.807) is 0 Å². The van der Waals surface area contributed by atoms with Crippen LogP contribution in [0.5, 0.6) is 0 Å².